The lowest BCUT2D eigenvalue weighted by atomic mass is 9.89. The highest BCUT2D eigenvalue weighted by atomic mass is 15.1. The van der Waals surface area contributed by atoms with Gasteiger partial charge in [0.1, 0.15) is 5.82 Å². The van der Waals surface area contributed by atoms with Crippen LogP contribution in [0.3, 0.4) is 0 Å². The van der Waals surface area contributed by atoms with E-state index in [0.717, 1.165) is 5.82 Å². The Morgan fingerprint density at radius 1 is 0.519 bits per heavy atom. The molecule has 0 fully saturated rings. The molecule has 2 heterocycles. The summed E-state index contributed by atoms with van der Waals surface area (Å²) < 4.78 is 2.30. The van der Waals surface area contributed by atoms with Gasteiger partial charge in [0.05, 0.1) is 11.0 Å². The molecule has 0 saturated heterocycles. The first-order valence-corrected chi connectivity index (χ1v) is 9.25. The fourth-order valence-corrected chi connectivity index (χ4v) is 4.92. The summed E-state index contributed by atoms with van der Waals surface area (Å²) in [6.45, 7) is 0. The number of benzene rings is 5. The monoisotopic (exact) mass is 342 g/mol. The van der Waals surface area contributed by atoms with Gasteiger partial charge in [-0.15, -0.1) is 0 Å². The average Bonchev–Trinajstić information content (AvgIpc) is 3.08. The van der Waals surface area contributed by atoms with Gasteiger partial charge in [-0.25, -0.2) is 4.98 Å². The average molecular weight is 342 g/mol. The molecular formula is C25H14N2. The highest BCUT2D eigenvalue weighted by molar-refractivity contribution is 6.40. The summed E-state index contributed by atoms with van der Waals surface area (Å²) in [5.41, 5.74) is 2.45. The number of hydrogen-bond acceptors (Lipinski definition) is 1. The zero-order valence-corrected chi connectivity index (χ0v) is 14.5. The molecule has 2 nitrogen and oxygen atoms in total. The van der Waals surface area contributed by atoms with Crippen molar-refractivity contribution in [1.29, 1.82) is 0 Å². The summed E-state index contributed by atoms with van der Waals surface area (Å²) >= 11 is 0. The molecule has 0 aliphatic heterocycles. The van der Waals surface area contributed by atoms with Crippen LogP contribution in [0, 0.1) is 0 Å². The van der Waals surface area contributed by atoms with Gasteiger partial charge in [0, 0.05) is 22.4 Å². The number of pyridine rings is 1. The van der Waals surface area contributed by atoms with Crippen molar-refractivity contribution in [2.45, 2.75) is 0 Å². The molecule has 2 aromatic heterocycles. The number of nitrogens with zero attached hydrogens (tertiary/aromatic N) is 2. The molecule has 27 heavy (non-hydrogen) atoms. The van der Waals surface area contributed by atoms with Crippen LogP contribution in [-0.2, 0) is 0 Å². The van der Waals surface area contributed by atoms with E-state index in [4.69, 9.17) is 0 Å². The van der Waals surface area contributed by atoms with E-state index < -0.39 is 0 Å². The highest BCUT2D eigenvalue weighted by Crippen LogP contribution is 2.46. The third kappa shape index (κ3) is 1.51. The van der Waals surface area contributed by atoms with Gasteiger partial charge in [-0.2, -0.15) is 0 Å². The number of rotatable bonds is 1. The van der Waals surface area contributed by atoms with Gasteiger partial charge < -0.3 is 0 Å². The number of hydrogen-bond donors (Lipinski definition) is 0. The molecule has 2 heteroatoms. The lowest BCUT2D eigenvalue weighted by molar-refractivity contribution is 1.08. The quantitative estimate of drug-likeness (QED) is 0.245. The topological polar surface area (TPSA) is 17.8 Å². The van der Waals surface area contributed by atoms with E-state index in [1.807, 2.05) is 12.3 Å². The van der Waals surface area contributed by atoms with Crippen LogP contribution in [0.25, 0.3) is 59.9 Å². The van der Waals surface area contributed by atoms with Crippen molar-refractivity contribution in [3.8, 4) is 5.82 Å². The van der Waals surface area contributed by atoms with Gasteiger partial charge in [-0.05, 0) is 51.2 Å². The summed E-state index contributed by atoms with van der Waals surface area (Å²) in [4.78, 5) is 4.65. The Hall–Kier alpha value is -3.65. The second-order valence-electron chi connectivity index (χ2n) is 7.25. The summed E-state index contributed by atoms with van der Waals surface area (Å²) in [7, 11) is 0. The zero-order valence-electron chi connectivity index (χ0n) is 14.5. The Balaban J connectivity index is 1.90. The molecule has 0 N–H and O–H groups in total. The van der Waals surface area contributed by atoms with Crippen molar-refractivity contribution in [1.82, 2.24) is 9.55 Å². The SMILES string of the molecule is c1ccc(-n2c3cccc4c5cccc6ccc7ccc2c(c7c65)c43)nc1. The second-order valence-corrected chi connectivity index (χ2v) is 7.25. The summed E-state index contributed by atoms with van der Waals surface area (Å²) in [5, 5.41) is 10.7. The third-order valence-corrected chi connectivity index (χ3v) is 5.95. The zero-order chi connectivity index (χ0) is 17.5. The van der Waals surface area contributed by atoms with Crippen LogP contribution >= 0.6 is 0 Å². The predicted octanol–water partition coefficient (Wildman–Crippen LogP) is 6.51. The molecular weight excluding hydrogens is 328 g/mol. The Morgan fingerprint density at radius 2 is 1.26 bits per heavy atom. The van der Waals surface area contributed by atoms with Crippen LogP contribution in [0.1, 0.15) is 0 Å². The van der Waals surface area contributed by atoms with Gasteiger partial charge in [0.15, 0.2) is 0 Å². The van der Waals surface area contributed by atoms with E-state index in [2.05, 4.69) is 82.3 Å². The standard InChI is InChI=1S/C25H14N2/c1-2-14-26-21(9-1)27-19-8-4-7-18-17-6-3-5-15-10-11-16-12-13-20(27)25(24(18)19)23(16)22(15)17/h1-14H. The molecule has 0 aliphatic carbocycles. The van der Waals surface area contributed by atoms with Crippen molar-refractivity contribution in [2.75, 3.05) is 0 Å². The van der Waals surface area contributed by atoms with Crippen LogP contribution in [0.15, 0.2) is 85.1 Å². The smallest absolute Gasteiger partial charge is 0.137 e. The molecule has 5 aromatic carbocycles. The van der Waals surface area contributed by atoms with Crippen molar-refractivity contribution in [3.63, 3.8) is 0 Å². The third-order valence-electron chi connectivity index (χ3n) is 5.95. The molecule has 124 valence electrons. The maximum absolute atomic E-state index is 4.65. The van der Waals surface area contributed by atoms with Crippen LogP contribution in [0.2, 0.25) is 0 Å². The molecule has 0 bridgehead atoms. The molecule has 7 aromatic rings. The van der Waals surface area contributed by atoms with E-state index in [1.165, 1.54) is 54.1 Å². The molecule has 0 aliphatic rings. The molecule has 7 rings (SSSR count). The van der Waals surface area contributed by atoms with Crippen LogP contribution in [0.4, 0.5) is 0 Å². The number of fused-ring (bicyclic) bond motifs is 1. The van der Waals surface area contributed by atoms with Crippen molar-refractivity contribution < 1.29 is 0 Å². The lowest BCUT2D eigenvalue weighted by Crippen LogP contribution is -1.95. The highest BCUT2D eigenvalue weighted by Gasteiger charge is 2.21. The van der Waals surface area contributed by atoms with Crippen molar-refractivity contribution in [3.05, 3.63) is 85.1 Å². The van der Waals surface area contributed by atoms with Crippen molar-refractivity contribution in [2.24, 2.45) is 0 Å². The van der Waals surface area contributed by atoms with E-state index in [0.29, 0.717) is 0 Å². The maximum Gasteiger partial charge on any atom is 0.137 e. The van der Waals surface area contributed by atoms with Gasteiger partial charge >= 0.3 is 0 Å². The van der Waals surface area contributed by atoms with Crippen LogP contribution < -0.4 is 0 Å². The Bertz CT molecular complexity index is 1610. The summed E-state index contributed by atoms with van der Waals surface area (Å²) in [6, 6.07) is 28.4. The minimum Gasteiger partial charge on any atom is -0.294 e. The number of aromatic nitrogens is 2. The molecule has 0 spiro atoms. The minimum atomic E-state index is 0.965. The van der Waals surface area contributed by atoms with Gasteiger partial charge in [-0.3, -0.25) is 4.57 Å². The fourth-order valence-electron chi connectivity index (χ4n) is 4.92. The van der Waals surface area contributed by atoms with E-state index in [-0.39, 0.29) is 0 Å². The molecule has 0 amide bonds. The first-order chi connectivity index (χ1) is 13.4. The Morgan fingerprint density at radius 3 is 2.11 bits per heavy atom. The largest absolute Gasteiger partial charge is 0.294 e. The molecule has 0 unspecified atom stereocenters. The Labute approximate surface area is 154 Å². The second kappa shape index (κ2) is 4.54. The molecule has 0 saturated carbocycles. The minimum absolute atomic E-state index is 0.965. The Kier molecular flexibility index (Phi) is 2.28. The lowest BCUT2D eigenvalue weighted by Gasteiger charge is -2.13. The van der Waals surface area contributed by atoms with E-state index in [9.17, 15) is 0 Å². The first kappa shape index (κ1) is 13.5. The van der Waals surface area contributed by atoms with E-state index in [1.54, 1.807) is 0 Å². The van der Waals surface area contributed by atoms with Gasteiger partial charge in [-0.1, -0.05) is 54.6 Å². The van der Waals surface area contributed by atoms with E-state index >= 15 is 0 Å². The van der Waals surface area contributed by atoms with Crippen LogP contribution in [-0.4, -0.2) is 9.55 Å². The van der Waals surface area contributed by atoms with Crippen LogP contribution in [0.5, 0.6) is 0 Å². The summed E-state index contributed by atoms with van der Waals surface area (Å²) in [5.74, 6) is 0.965. The maximum atomic E-state index is 4.65. The fraction of sp³-hybridized carbons (Fsp3) is 0. The first-order valence-electron chi connectivity index (χ1n) is 9.25. The molecule has 0 radical (unpaired) electrons. The normalized spacial score (nSPS) is 12.4. The van der Waals surface area contributed by atoms with Gasteiger partial charge in [0.2, 0.25) is 0 Å². The van der Waals surface area contributed by atoms with Gasteiger partial charge in [0.25, 0.3) is 0 Å². The van der Waals surface area contributed by atoms with Crippen molar-refractivity contribution >= 4 is 54.1 Å². The predicted molar refractivity (Wildman–Crippen MR) is 113 cm³/mol. The summed E-state index contributed by atoms with van der Waals surface area (Å²) in [6.07, 6.45) is 1.87. The molecule has 0 atom stereocenters.